The first-order valence-corrected chi connectivity index (χ1v) is 11.4. The summed E-state index contributed by atoms with van der Waals surface area (Å²) < 4.78 is 17.3. The molecule has 1 aliphatic rings. The third kappa shape index (κ3) is 5.66. The average molecular weight is 438 g/mol. The number of nitrogens with zero attached hydrogens (tertiary/aromatic N) is 3. The van der Waals surface area contributed by atoms with E-state index in [2.05, 4.69) is 4.90 Å². The number of rotatable bonds is 11. The lowest BCUT2D eigenvalue weighted by Gasteiger charge is -2.18. The first-order valence-electron chi connectivity index (χ1n) is 10.5. The van der Waals surface area contributed by atoms with Gasteiger partial charge in [0.2, 0.25) is 0 Å². The predicted octanol–water partition coefficient (Wildman–Crippen LogP) is 2.27. The minimum absolute atomic E-state index is 0.141. The molecule has 1 fully saturated rings. The van der Waals surface area contributed by atoms with Crippen LogP contribution in [-0.4, -0.2) is 66.5 Å². The van der Waals surface area contributed by atoms with Crippen LogP contribution >= 0.6 is 11.3 Å². The first-order chi connectivity index (χ1) is 14.5. The van der Waals surface area contributed by atoms with Crippen molar-refractivity contribution in [1.29, 1.82) is 0 Å². The Kier molecular flexibility index (Phi) is 8.38. The van der Waals surface area contributed by atoms with Crippen LogP contribution in [0.3, 0.4) is 0 Å². The van der Waals surface area contributed by atoms with Crippen molar-refractivity contribution in [3.63, 3.8) is 0 Å². The Labute approximate surface area is 180 Å². The normalized spacial score (nSPS) is 14.6. The first kappa shape index (κ1) is 22.9. The maximum absolute atomic E-state index is 13.2. The van der Waals surface area contributed by atoms with E-state index in [1.165, 1.54) is 15.9 Å². The SMILES string of the molecule is CCOCCOCCOC(=O)Cn1c(CN2CCCC2)nc2sc(C)c(C)c2c1=O. The van der Waals surface area contributed by atoms with Gasteiger partial charge >= 0.3 is 5.97 Å². The Morgan fingerprint density at radius 1 is 1.10 bits per heavy atom. The maximum Gasteiger partial charge on any atom is 0.326 e. The Morgan fingerprint density at radius 3 is 2.53 bits per heavy atom. The standard InChI is InChI=1S/C21H31N3O5S/c1-4-27-9-10-28-11-12-29-18(25)14-24-17(13-23-7-5-6-8-23)22-20-19(21(24)26)15(2)16(3)30-20/h4-14H2,1-3H3. The van der Waals surface area contributed by atoms with Gasteiger partial charge in [-0.25, -0.2) is 4.98 Å². The van der Waals surface area contributed by atoms with Crippen molar-refractivity contribution in [3.05, 3.63) is 26.6 Å². The summed E-state index contributed by atoms with van der Waals surface area (Å²) in [5, 5.41) is 0.606. The van der Waals surface area contributed by atoms with Gasteiger partial charge in [0.25, 0.3) is 5.56 Å². The molecule has 2 aromatic heterocycles. The second kappa shape index (κ2) is 11.0. The van der Waals surface area contributed by atoms with Crippen LogP contribution in [0.25, 0.3) is 10.2 Å². The van der Waals surface area contributed by atoms with E-state index in [4.69, 9.17) is 19.2 Å². The summed E-state index contributed by atoms with van der Waals surface area (Å²) >= 11 is 1.53. The molecule has 2 aromatic rings. The van der Waals surface area contributed by atoms with Crippen molar-refractivity contribution in [3.8, 4) is 0 Å². The number of hydrogen-bond donors (Lipinski definition) is 0. The zero-order valence-electron chi connectivity index (χ0n) is 18.1. The highest BCUT2D eigenvalue weighted by Crippen LogP contribution is 2.26. The topological polar surface area (TPSA) is 82.9 Å². The Bertz CT molecular complexity index is 917. The van der Waals surface area contributed by atoms with Crippen molar-refractivity contribution >= 4 is 27.5 Å². The summed E-state index contributed by atoms with van der Waals surface area (Å²) in [6.07, 6.45) is 2.30. The van der Waals surface area contributed by atoms with Gasteiger partial charge in [0.15, 0.2) is 0 Å². The molecule has 1 saturated heterocycles. The lowest BCUT2D eigenvalue weighted by atomic mass is 10.2. The van der Waals surface area contributed by atoms with Crippen LogP contribution in [0, 0.1) is 13.8 Å². The van der Waals surface area contributed by atoms with Gasteiger partial charge in [-0.2, -0.15) is 0 Å². The zero-order valence-corrected chi connectivity index (χ0v) is 18.9. The second-order valence-corrected chi connectivity index (χ2v) is 8.60. The molecule has 166 valence electrons. The fourth-order valence-corrected chi connectivity index (χ4v) is 4.59. The van der Waals surface area contributed by atoms with Gasteiger partial charge in [-0.3, -0.25) is 19.1 Å². The third-order valence-electron chi connectivity index (χ3n) is 5.29. The summed E-state index contributed by atoms with van der Waals surface area (Å²) in [5.74, 6) is 0.166. The summed E-state index contributed by atoms with van der Waals surface area (Å²) in [5.41, 5.74) is 0.769. The maximum atomic E-state index is 13.2. The summed E-state index contributed by atoms with van der Waals surface area (Å²) in [6.45, 7) is 10.3. The summed E-state index contributed by atoms with van der Waals surface area (Å²) in [6, 6.07) is 0. The van der Waals surface area contributed by atoms with Gasteiger partial charge in [0.1, 0.15) is 23.8 Å². The van der Waals surface area contributed by atoms with Gasteiger partial charge in [0.05, 0.1) is 31.8 Å². The number of thiophene rings is 1. The molecule has 0 atom stereocenters. The average Bonchev–Trinajstić information content (AvgIpc) is 3.32. The molecule has 8 nitrogen and oxygen atoms in total. The van der Waals surface area contributed by atoms with Crippen molar-refractivity contribution in [1.82, 2.24) is 14.5 Å². The van der Waals surface area contributed by atoms with E-state index < -0.39 is 5.97 Å². The molecule has 0 amide bonds. The highest BCUT2D eigenvalue weighted by atomic mass is 32.1. The van der Waals surface area contributed by atoms with Crippen LogP contribution in [0.5, 0.6) is 0 Å². The molecule has 0 saturated carbocycles. The van der Waals surface area contributed by atoms with Crippen LogP contribution < -0.4 is 5.56 Å². The molecule has 0 aliphatic carbocycles. The Balaban J connectivity index is 1.70. The molecule has 3 heterocycles. The molecule has 0 bridgehead atoms. The second-order valence-electron chi connectivity index (χ2n) is 7.40. The van der Waals surface area contributed by atoms with E-state index in [9.17, 15) is 9.59 Å². The summed E-state index contributed by atoms with van der Waals surface area (Å²) in [4.78, 5) is 34.5. The van der Waals surface area contributed by atoms with Crippen LogP contribution in [0.1, 0.15) is 36.0 Å². The molecule has 0 aromatic carbocycles. The third-order valence-corrected chi connectivity index (χ3v) is 6.39. The van der Waals surface area contributed by atoms with E-state index in [0.717, 1.165) is 41.2 Å². The van der Waals surface area contributed by atoms with Gasteiger partial charge in [-0.05, 0) is 52.3 Å². The number of ether oxygens (including phenoxy) is 3. The number of carbonyl (C=O) groups is 1. The van der Waals surface area contributed by atoms with Crippen LogP contribution in [0.4, 0.5) is 0 Å². The molecule has 9 heteroatoms. The van der Waals surface area contributed by atoms with Crippen LogP contribution in [0.15, 0.2) is 4.79 Å². The van der Waals surface area contributed by atoms with E-state index in [0.29, 0.717) is 44.2 Å². The van der Waals surface area contributed by atoms with Gasteiger partial charge in [-0.1, -0.05) is 0 Å². The predicted molar refractivity (Wildman–Crippen MR) is 116 cm³/mol. The number of carbonyl (C=O) groups excluding carboxylic acids is 1. The number of fused-ring (bicyclic) bond motifs is 1. The van der Waals surface area contributed by atoms with E-state index in [1.807, 2.05) is 20.8 Å². The van der Waals surface area contributed by atoms with Crippen molar-refractivity contribution in [2.75, 3.05) is 46.1 Å². The monoisotopic (exact) mass is 437 g/mol. The molecular formula is C21H31N3O5S. The van der Waals surface area contributed by atoms with Gasteiger partial charge in [-0.15, -0.1) is 11.3 Å². The number of hydrogen-bond acceptors (Lipinski definition) is 8. The fraction of sp³-hybridized carbons (Fsp3) is 0.667. The number of likely N-dealkylation sites (tertiary alicyclic amines) is 1. The van der Waals surface area contributed by atoms with E-state index >= 15 is 0 Å². The van der Waals surface area contributed by atoms with Gasteiger partial charge < -0.3 is 14.2 Å². The molecule has 0 N–H and O–H groups in total. The smallest absolute Gasteiger partial charge is 0.326 e. The molecule has 0 radical (unpaired) electrons. The van der Waals surface area contributed by atoms with Crippen LogP contribution in [-0.2, 0) is 32.1 Å². The quantitative estimate of drug-likeness (QED) is 0.394. The highest BCUT2D eigenvalue weighted by Gasteiger charge is 2.21. The minimum Gasteiger partial charge on any atom is -0.462 e. The van der Waals surface area contributed by atoms with Crippen LogP contribution in [0.2, 0.25) is 0 Å². The molecule has 0 spiro atoms. The minimum atomic E-state index is -0.459. The largest absolute Gasteiger partial charge is 0.462 e. The fourth-order valence-electron chi connectivity index (χ4n) is 3.55. The van der Waals surface area contributed by atoms with E-state index in [-0.39, 0.29) is 18.7 Å². The number of esters is 1. The molecule has 3 rings (SSSR count). The van der Waals surface area contributed by atoms with Gasteiger partial charge in [0, 0.05) is 11.5 Å². The number of aromatic nitrogens is 2. The van der Waals surface area contributed by atoms with Crippen molar-refractivity contribution in [2.45, 2.75) is 46.7 Å². The van der Waals surface area contributed by atoms with Crippen molar-refractivity contribution < 1.29 is 19.0 Å². The Morgan fingerprint density at radius 2 is 1.80 bits per heavy atom. The number of aryl methyl sites for hydroxylation is 2. The molecule has 30 heavy (non-hydrogen) atoms. The zero-order chi connectivity index (χ0) is 21.5. The molecule has 1 aliphatic heterocycles. The lowest BCUT2D eigenvalue weighted by molar-refractivity contribution is -0.146. The molecule has 0 unspecified atom stereocenters. The summed E-state index contributed by atoms with van der Waals surface area (Å²) in [7, 11) is 0. The lowest BCUT2D eigenvalue weighted by Crippen LogP contribution is -2.32. The van der Waals surface area contributed by atoms with E-state index in [1.54, 1.807) is 0 Å². The highest BCUT2D eigenvalue weighted by molar-refractivity contribution is 7.18. The Hall–Kier alpha value is -1.81. The molecular weight excluding hydrogens is 406 g/mol. The van der Waals surface area contributed by atoms with Crippen molar-refractivity contribution in [2.24, 2.45) is 0 Å².